The number of hydrogen-bond acceptors (Lipinski definition) is 7. The van der Waals surface area contributed by atoms with Crippen molar-refractivity contribution in [2.75, 3.05) is 24.3 Å². The van der Waals surface area contributed by atoms with Crippen LogP contribution in [0, 0.1) is 6.92 Å². The summed E-state index contributed by atoms with van der Waals surface area (Å²) in [6.07, 6.45) is 2.54. The van der Waals surface area contributed by atoms with Crippen molar-refractivity contribution in [3.05, 3.63) is 47.8 Å². The zero-order valence-electron chi connectivity index (χ0n) is 13.5. The monoisotopic (exact) mass is 329 g/mol. The summed E-state index contributed by atoms with van der Waals surface area (Å²) < 4.78 is 5.12. The van der Waals surface area contributed by atoms with Gasteiger partial charge in [0.2, 0.25) is 11.9 Å². The van der Waals surface area contributed by atoms with E-state index in [2.05, 4.69) is 25.6 Å². The average molecular weight is 329 g/mol. The van der Waals surface area contributed by atoms with Gasteiger partial charge in [-0.1, -0.05) is 18.2 Å². The Balaban J connectivity index is 1.95. The molecule has 8 nitrogen and oxygen atoms in total. The molecule has 0 saturated carbocycles. The largest absolute Gasteiger partial charge is 0.497 e. The van der Waals surface area contributed by atoms with Crippen LogP contribution in [0.4, 0.5) is 11.9 Å². The SMILES string of the molecule is COc1ccc(CNc2nc(C)nc(NC/C=C/C(=O)O)n2)cc1. The maximum absolute atomic E-state index is 10.4. The Morgan fingerprint density at radius 2 is 1.83 bits per heavy atom. The highest BCUT2D eigenvalue weighted by Crippen LogP contribution is 2.12. The molecule has 1 aromatic carbocycles. The molecule has 0 bridgehead atoms. The van der Waals surface area contributed by atoms with Crippen LogP contribution in [0.15, 0.2) is 36.4 Å². The molecule has 0 aliphatic heterocycles. The molecule has 2 aromatic rings. The number of aryl methyl sites for hydroxylation is 1. The van der Waals surface area contributed by atoms with Crippen LogP contribution in [-0.4, -0.2) is 39.7 Å². The number of aliphatic carboxylic acids is 1. The van der Waals surface area contributed by atoms with E-state index in [0.29, 0.717) is 30.8 Å². The van der Waals surface area contributed by atoms with Crippen LogP contribution < -0.4 is 15.4 Å². The van der Waals surface area contributed by atoms with Gasteiger partial charge in [-0.05, 0) is 24.6 Å². The molecule has 0 aliphatic carbocycles. The third-order valence-electron chi connectivity index (χ3n) is 3.00. The zero-order chi connectivity index (χ0) is 17.4. The lowest BCUT2D eigenvalue weighted by Crippen LogP contribution is -2.10. The van der Waals surface area contributed by atoms with Crippen LogP contribution in [-0.2, 0) is 11.3 Å². The molecule has 0 radical (unpaired) electrons. The summed E-state index contributed by atoms with van der Waals surface area (Å²) in [5, 5.41) is 14.6. The molecular weight excluding hydrogens is 310 g/mol. The van der Waals surface area contributed by atoms with Gasteiger partial charge in [0.05, 0.1) is 7.11 Å². The highest BCUT2D eigenvalue weighted by molar-refractivity contribution is 5.79. The summed E-state index contributed by atoms with van der Waals surface area (Å²) in [7, 11) is 1.63. The van der Waals surface area contributed by atoms with E-state index in [4.69, 9.17) is 9.84 Å². The quantitative estimate of drug-likeness (QED) is 0.630. The summed E-state index contributed by atoms with van der Waals surface area (Å²) in [5.41, 5.74) is 1.06. The molecule has 24 heavy (non-hydrogen) atoms. The van der Waals surface area contributed by atoms with Gasteiger partial charge < -0.3 is 20.5 Å². The zero-order valence-corrected chi connectivity index (χ0v) is 13.5. The van der Waals surface area contributed by atoms with E-state index in [1.54, 1.807) is 14.0 Å². The normalized spacial score (nSPS) is 10.6. The minimum Gasteiger partial charge on any atom is -0.497 e. The van der Waals surface area contributed by atoms with Gasteiger partial charge in [0, 0.05) is 19.2 Å². The van der Waals surface area contributed by atoms with Gasteiger partial charge in [-0.2, -0.15) is 15.0 Å². The van der Waals surface area contributed by atoms with Crippen molar-refractivity contribution >= 4 is 17.9 Å². The van der Waals surface area contributed by atoms with Crippen molar-refractivity contribution < 1.29 is 14.6 Å². The number of benzene rings is 1. The number of carbonyl (C=O) groups is 1. The van der Waals surface area contributed by atoms with Gasteiger partial charge in [-0.15, -0.1) is 0 Å². The van der Waals surface area contributed by atoms with Crippen molar-refractivity contribution in [2.45, 2.75) is 13.5 Å². The number of aromatic nitrogens is 3. The smallest absolute Gasteiger partial charge is 0.328 e. The van der Waals surface area contributed by atoms with Crippen molar-refractivity contribution in [2.24, 2.45) is 0 Å². The van der Waals surface area contributed by atoms with Gasteiger partial charge in [-0.3, -0.25) is 0 Å². The maximum atomic E-state index is 10.4. The molecule has 3 N–H and O–H groups in total. The summed E-state index contributed by atoms with van der Waals surface area (Å²) >= 11 is 0. The van der Waals surface area contributed by atoms with Crippen LogP contribution in [0.25, 0.3) is 0 Å². The first-order valence-electron chi connectivity index (χ1n) is 7.29. The Bertz CT molecular complexity index is 716. The second-order valence-corrected chi connectivity index (χ2v) is 4.85. The van der Waals surface area contributed by atoms with Crippen LogP contribution in [0.1, 0.15) is 11.4 Å². The number of rotatable bonds is 8. The highest BCUT2D eigenvalue weighted by atomic mass is 16.5. The van der Waals surface area contributed by atoms with E-state index >= 15 is 0 Å². The number of anilines is 2. The first kappa shape index (κ1) is 17.2. The Kier molecular flexibility index (Phi) is 6.07. The molecule has 0 amide bonds. The van der Waals surface area contributed by atoms with Crippen LogP contribution in [0.2, 0.25) is 0 Å². The fourth-order valence-electron chi connectivity index (χ4n) is 1.87. The maximum Gasteiger partial charge on any atom is 0.328 e. The molecule has 2 rings (SSSR count). The molecule has 0 spiro atoms. The number of carboxylic acid groups (broad SMARTS) is 1. The Hall–Kier alpha value is -3.16. The second kappa shape index (κ2) is 8.47. The van der Waals surface area contributed by atoms with E-state index in [-0.39, 0.29) is 0 Å². The Morgan fingerprint density at radius 3 is 2.46 bits per heavy atom. The minimum atomic E-state index is -0.995. The molecule has 8 heteroatoms. The van der Waals surface area contributed by atoms with Gasteiger partial charge >= 0.3 is 5.97 Å². The van der Waals surface area contributed by atoms with Crippen LogP contribution in [0.5, 0.6) is 5.75 Å². The number of methoxy groups -OCH3 is 1. The van der Waals surface area contributed by atoms with Crippen molar-refractivity contribution in [3.63, 3.8) is 0 Å². The van der Waals surface area contributed by atoms with Gasteiger partial charge in [0.1, 0.15) is 11.6 Å². The van der Waals surface area contributed by atoms with Gasteiger partial charge in [0.15, 0.2) is 0 Å². The van der Waals surface area contributed by atoms with E-state index in [1.807, 2.05) is 24.3 Å². The summed E-state index contributed by atoms with van der Waals surface area (Å²) in [5.74, 6) is 1.20. The predicted octanol–water partition coefficient (Wildman–Crippen LogP) is 1.85. The molecule has 0 atom stereocenters. The number of nitrogens with one attached hydrogen (secondary N) is 2. The number of nitrogens with zero attached hydrogens (tertiary/aromatic N) is 3. The van der Waals surface area contributed by atoms with E-state index in [9.17, 15) is 4.79 Å². The number of ether oxygens (including phenoxy) is 1. The van der Waals surface area contributed by atoms with Gasteiger partial charge in [-0.25, -0.2) is 4.79 Å². The van der Waals surface area contributed by atoms with E-state index < -0.39 is 5.97 Å². The van der Waals surface area contributed by atoms with E-state index in [1.165, 1.54) is 6.08 Å². The minimum absolute atomic E-state index is 0.313. The average Bonchev–Trinajstić information content (AvgIpc) is 2.57. The molecular formula is C16H19N5O3. The third-order valence-corrected chi connectivity index (χ3v) is 3.00. The van der Waals surface area contributed by atoms with Gasteiger partial charge in [0.25, 0.3) is 0 Å². The third kappa shape index (κ3) is 5.56. The lowest BCUT2D eigenvalue weighted by Gasteiger charge is -2.08. The second-order valence-electron chi connectivity index (χ2n) is 4.85. The first-order valence-corrected chi connectivity index (χ1v) is 7.29. The molecule has 0 aliphatic rings. The molecule has 0 unspecified atom stereocenters. The van der Waals surface area contributed by atoms with Crippen LogP contribution in [0.3, 0.4) is 0 Å². The molecule has 126 valence electrons. The summed E-state index contributed by atoms with van der Waals surface area (Å²) in [6, 6.07) is 7.68. The highest BCUT2D eigenvalue weighted by Gasteiger charge is 2.03. The standard InChI is InChI=1S/C16H19N5O3/c1-11-19-15(17-9-3-4-14(22)23)21-16(20-11)18-10-12-5-7-13(24-2)8-6-12/h3-8H,9-10H2,1-2H3,(H,22,23)(H2,17,18,19,20,21)/b4-3+. The lowest BCUT2D eigenvalue weighted by atomic mass is 10.2. The van der Waals surface area contributed by atoms with Crippen molar-refractivity contribution in [3.8, 4) is 5.75 Å². The molecule has 0 saturated heterocycles. The number of hydrogen-bond donors (Lipinski definition) is 3. The molecule has 1 heterocycles. The fraction of sp³-hybridized carbons (Fsp3) is 0.250. The first-order chi connectivity index (χ1) is 11.6. The Labute approximate surface area is 139 Å². The summed E-state index contributed by atoms with van der Waals surface area (Å²) in [4.78, 5) is 23.0. The fourth-order valence-corrected chi connectivity index (χ4v) is 1.87. The predicted molar refractivity (Wildman–Crippen MR) is 90.2 cm³/mol. The van der Waals surface area contributed by atoms with Crippen molar-refractivity contribution in [1.29, 1.82) is 0 Å². The van der Waals surface area contributed by atoms with E-state index in [0.717, 1.165) is 17.4 Å². The van der Waals surface area contributed by atoms with Crippen LogP contribution >= 0.6 is 0 Å². The lowest BCUT2D eigenvalue weighted by molar-refractivity contribution is -0.131. The summed E-state index contributed by atoms with van der Waals surface area (Å²) in [6.45, 7) is 2.64. The number of carboxylic acids is 1. The topological polar surface area (TPSA) is 109 Å². The Morgan fingerprint density at radius 1 is 1.17 bits per heavy atom. The molecule has 1 aromatic heterocycles. The van der Waals surface area contributed by atoms with Crippen molar-refractivity contribution in [1.82, 2.24) is 15.0 Å². The molecule has 0 fully saturated rings.